The van der Waals surface area contributed by atoms with Crippen LogP contribution in [0.2, 0.25) is 0 Å². The zero-order valence-corrected chi connectivity index (χ0v) is 11.7. The molecule has 0 spiro atoms. The first-order valence-corrected chi connectivity index (χ1v) is 6.78. The summed E-state index contributed by atoms with van der Waals surface area (Å²) < 4.78 is 5.48. The van der Waals surface area contributed by atoms with Crippen molar-refractivity contribution in [3.63, 3.8) is 0 Å². The van der Waals surface area contributed by atoms with Gasteiger partial charge in [0.25, 0.3) is 0 Å². The first-order valence-electron chi connectivity index (χ1n) is 6.78. The molecule has 0 aliphatic rings. The van der Waals surface area contributed by atoms with E-state index in [0.29, 0.717) is 25.6 Å². The third-order valence-corrected chi connectivity index (χ3v) is 2.80. The van der Waals surface area contributed by atoms with Crippen LogP contribution in [0.15, 0.2) is 36.7 Å². The van der Waals surface area contributed by atoms with Gasteiger partial charge in [0.05, 0.1) is 6.61 Å². The number of hydrogen-bond donors (Lipinski definition) is 2. The number of anilines is 1. The second kappa shape index (κ2) is 7.45. The molecule has 2 aromatic rings. The van der Waals surface area contributed by atoms with Gasteiger partial charge < -0.3 is 15.8 Å². The average Bonchev–Trinajstić information content (AvgIpc) is 2.51. The van der Waals surface area contributed by atoms with E-state index in [1.54, 1.807) is 0 Å². The molecule has 5 heteroatoms. The number of ether oxygens (including phenoxy) is 1. The number of hydrogen-bond acceptors (Lipinski definition) is 5. The molecule has 0 fully saturated rings. The fourth-order valence-corrected chi connectivity index (χ4v) is 1.78. The smallest absolute Gasteiger partial charge is 0.218 e. The van der Waals surface area contributed by atoms with Gasteiger partial charge in [-0.25, -0.2) is 9.97 Å². The molecule has 1 aromatic heterocycles. The quantitative estimate of drug-likeness (QED) is 0.809. The van der Waals surface area contributed by atoms with Gasteiger partial charge in [-0.1, -0.05) is 31.2 Å². The average molecular weight is 272 g/mol. The van der Waals surface area contributed by atoms with Crippen molar-refractivity contribution in [1.82, 2.24) is 9.97 Å². The number of nitrogens with two attached hydrogens (primary N) is 1. The SMILES string of the molecule is CCCOc1cc(NCc2cccc(CN)c2)ncn1. The molecule has 0 unspecified atom stereocenters. The molecule has 3 N–H and O–H groups in total. The van der Waals surface area contributed by atoms with Crippen LogP contribution in [0, 0.1) is 0 Å². The fraction of sp³-hybridized carbons (Fsp3) is 0.333. The molecule has 0 amide bonds. The Morgan fingerprint density at radius 2 is 2.05 bits per heavy atom. The molecule has 1 heterocycles. The number of aromatic nitrogens is 2. The third-order valence-electron chi connectivity index (χ3n) is 2.80. The maximum Gasteiger partial charge on any atom is 0.218 e. The highest BCUT2D eigenvalue weighted by molar-refractivity contribution is 5.38. The van der Waals surface area contributed by atoms with Gasteiger partial charge in [0, 0.05) is 19.2 Å². The molecule has 1 aromatic carbocycles. The molecule has 0 aliphatic carbocycles. The predicted molar refractivity (Wildman–Crippen MR) is 79.5 cm³/mol. The van der Waals surface area contributed by atoms with Crippen molar-refractivity contribution in [3.05, 3.63) is 47.8 Å². The number of benzene rings is 1. The van der Waals surface area contributed by atoms with Gasteiger partial charge in [0.2, 0.25) is 5.88 Å². The lowest BCUT2D eigenvalue weighted by Crippen LogP contribution is -2.04. The second-order valence-electron chi connectivity index (χ2n) is 4.47. The summed E-state index contributed by atoms with van der Waals surface area (Å²) in [6.45, 7) is 3.97. The highest BCUT2D eigenvalue weighted by atomic mass is 16.5. The summed E-state index contributed by atoms with van der Waals surface area (Å²) in [6, 6.07) is 9.98. The molecule has 5 nitrogen and oxygen atoms in total. The van der Waals surface area contributed by atoms with Crippen LogP contribution in [0.1, 0.15) is 24.5 Å². The van der Waals surface area contributed by atoms with Gasteiger partial charge in [-0.15, -0.1) is 0 Å². The van der Waals surface area contributed by atoms with Crippen molar-refractivity contribution in [2.24, 2.45) is 5.73 Å². The predicted octanol–water partition coefficient (Wildman–Crippen LogP) is 2.34. The number of nitrogens with zero attached hydrogens (tertiary/aromatic N) is 2. The van der Waals surface area contributed by atoms with E-state index in [2.05, 4.69) is 34.3 Å². The van der Waals surface area contributed by atoms with Crippen molar-refractivity contribution >= 4 is 5.82 Å². The van der Waals surface area contributed by atoms with Crippen LogP contribution in [0.5, 0.6) is 5.88 Å². The topological polar surface area (TPSA) is 73.1 Å². The molecule has 0 aliphatic heterocycles. The lowest BCUT2D eigenvalue weighted by molar-refractivity contribution is 0.305. The lowest BCUT2D eigenvalue weighted by atomic mass is 10.1. The maximum absolute atomic E-state index is 5.63. The van der Waals surface area contributed by atoms with E-state index in [1.165, 1.54) is 11.9 Å². The van der Waals surface area contributed by atoms with Gasteiger partial charge in [0.15, 0.2) is 0 Å². The standard InChI is InChI=1S/C15H20N4O/c1-2-6-20-15-8-14(18-11-19-15)17-10-13-5-3-4-12(7-13)9-16/h3-5,7-8,11H,2,6,9-10,16H2,1H3,(H,17,18,19). The van der Waals surface area contributed by atoms with E-state index in [0.717, 1.165) is 17.8 Å². The van der Waals surface area contributed by atoms with E-state index in [4.69, 9.17) is 10.5 Å². The Kier molecular flexibility index (Phi) is 5.32. The molecule has 0 bridgehead atoms. The molecular weight excluding hydrogens is 252 g/mol. The van der Waals surface area contributed by atoms with Crippen molar-refractivity contribution in [3.8, 4) is 5.88 Å². The monoisotopic (exact) mass is 272 g/mol. The van der Waals surface area contributed by atoms with Crippen molar-refractivity contribution in [1.29, 1.82) is 0 Å². The lowest BCUT2D eigenvalue weighted by Gasteiger charge is -2.08. The minimum atomic E-state index is 0.552. The molecule has 0 atom stereocenters. The summed E-state index contributed by atoms with van der Waals surface area (Å²) in [5.41, 5.74) is 7.93. The molecule has 106 valence electrons. The first-order chi connectivity index (χ1) is 9.81. The Morgan fingerprint density at radius 3 is 2.85 bits per heavy atom. The minimum absolute atomic E-state index is 0.552. The Balaban J connectivity index is 1.95. The summed E-state index contributed by atoms with van der Waals surface area (Å²) in [5.74, 6) is 1.35. The normalized spacial score (nSPS) is 10.3. The zero-order chi connectivity index (χ0) is 14.2. The van der Waals surface area contributed by atoms with Crippen LogP contribution < -0.4 is 15.8 Å². The van der Waals surface area contributed by atoms with E-state index < -0.39 is 0 Å². The molecule has 0 saturated heterocycles. The van der Waals surface area contributed by atoms with Crippen molar-refractivity contribution in [2.45, 2.75) is 26.4 Å². The molecule has 2 rings (SSSR count). The number of nitrogens with one attached hydrogen (secondary N) is 1. The minimum Gasteiger partial charge on any atom is -0.478 e. The van der Waals surface area contributed by atoms with Crippen LogP contribution in [-0.4, -0.2) is 16.6 Å². The summed E-state index contributed by atoms with van der Waals surface area (Å²) in [6.07, 6.45) is 2.46. The van der Waals surface area contributed by atoms with E-state index in [1.807, 2.05) is 18.2 Å². The number of rotatable bonds is 7. The van der Waals surface area contributed by atoms with E-state index >= 15 is 0 Å². The van der Waals surface area contributed by atoms with Gasteiger partial charge in [0.1, 0.15) is 12.1 Å². The van der Waals surface area contributed by atoms with E-state index in [9.17, 15) is 0 Å². The van der Waals surface area contributed by atoms with Gasteiger partial charge in [-0.3, -0.25) is 0 Å². The molecule has 0 saturated carbocycles. The van der Waals surface area contributed by atoms with Crippen LogP contribution in [0.25, 0.3) is 0 Å². The molecule has 0 radical (unpaired) electrons. The zero-order valence-electron chi connectivity index (χ0n) is 11.7. The van der Waals surface area contributed by atoms with Gasteiger partial charge >= 0.3 is 0 Å². The Morgan fingerprint density at radius 1 is 1.20 bits per heavy atom. The van der Waals surface area contributed by atoms with Gasteiger partial charge in [-0.05, 0) is 17.5 Å². The van der Waals surface area contributed by atoms with Crippen LogP contribution in [0.4, 0.5) is 5.82 Å². The Labute approximate surface area is 119 Å². The second-order valence-corrected chi connectivity index (χ2v) is 4.47. The highest BCUT2D eigenvalue weighted by Gasteiger charge is 2.00. The maximum atomic E-state index is 5.63. The highest BCUT2D eigenvalue weighted by Crippen LogP contribution is 2.13. The first kappa shape index (κ1) is 14.3. The Hall–Kier alpha value is -2.14. The summed E-state index contributed by atoms with van der Waals surface area (Å²) >= 11 is 0. The van der Waals surface area contributed by atoms with Crippen LogP contribution >= 0.6 is 0 Å². The van der Waals surface area contributed by atoms with Crippen LogP contribution in [-0.2, 0) is 13.1 Å². The molecule has 20 heavy (non-hydrogen) atoms. The third kappa shape index (κ3) is 4.20. The summed E-state index contributed by atoms with van der Waals surface area (Å²) in [4.78, 5) is 8.25. The van der Waals surface area contributed by atoms with Gasteiger partial charge in [-0.2, -0.15) is 0 Å². The summed E-state index contributed by atoms with van der Waals surface area (Å²) in [5, 5.41) is 3.26. The van der Waals surface area contributed by atoms with E-state index in [-0.39, 0.29) is 0 Å². The summed E-state index contributed by atoms with van der Waals surface area (Å²) in [7, 11) is 0. The Bertz CT molecular complexity index is 545. The van der Waals surface area contributed by atoms with Crippen molar-refractivity contribution in [2.75, 3.05) is 11.9 Å². The fourth-order valence-electron chi connectivity index (χ4n) is 1.78. The largest absolute Gasteiger partial charge is 0.478 e. The van der Waals surface area contributed by atoms with Crippen LogP contribution in [0.3, 0.4) is 0 Å². The molecular formula is C15H20N4O. The van der Waals surface area contributed by atoms with Crippen molar-refractivity contribution < 1.29 is 4.74 Å².